The van der Waals surface area contributed by atoms with Crippen LogP contribution in [0.4, 0.5) is 0 Å². The summed E-state index contributed by atoms with van der Waals surface area (Å²) in [4.78, 5) is 10.5. The second kappa shape index (κ2) is 3.81. The van der Waals surface area contributed by atoms with Gasteiger partial charge in [-0.25, -0.2) is 4.79 Å². The molecule has 0 unspecified atom stereocenters. The first-order valence-electron chi connectivity index (χ1n) is 2.90. The molecule has 0 heterocycles. The van der Waals surface area contributed by atoms with Crippen LogP contribution in [-0.2, 0) is 0 Å². The molecule has 0 spiro atoms. The fourth-order valence-electron chi connectivity index (χ4n) is 0.679. The van der Waals surface area contributed by atoms with Crippen LogP contribution in [0.2, 0.25) is 10.0 Å². The van der Waals surface area contributed by atoms with Gasteiger partial charge in [-0.2, -0.15) is 0 Å². The highest BCUT2D eigenvalue weighted by molar-refractivity contribution is 14.1. The van der Waals surface area contributed by atoms with E-state index in [-0.39, 0.29) is 5.56 Å². The van der Waals surface area contributed by atoms with Crippen LogP contribution in [0.1, 0.15) is 10.4 Å². The molecule has 0 atom stereocenters. The molecule has 0 fully saturated rings. The van der Waals surface area contributed by atoms with Crippen molar-refractivity contribution in [3.63, 3.8) is 0 Å². The van der Waals surface area contributed by atoms with Gasteiger partial charge in [-0.15, -0.1) is 0 Å². The van der Waals surface area contributed by atoms with Crippen molar-refractivity contribution in [2.75, 3.05) is 0 Å². The normalized spacial score (nSPS) is 9.92. The second-order valence-corrected chi connectivity index (χ2v) is 3.95. The van der Waals surface area contributed by atoms with Crippen molar-refractivity contribution in [3.05, 3.63) is 31.3 Å². The van der Waals surface area contributed by atoms with E-state index in [0.717, 1.165) is 0 Å². The average molecular weight is 317 g/mol. The smallest absolute Gasteiger partial charge is 0.335 e. The Kier molecular flexibility index (Phi) is 3.20. The summed E-state index contributed by atoms with van der Waals surface area (Å²) >= 11 is 13.4. The summed E-state index contributed by atoms with van der Waals surface area (Å²) < 4.78 is 0.668. The third-order valence-corrected chi connectivity index (χ3v) is 3.63. The number of aromatic carboxylic acids is 1. The molecule has 0 aliphatic heterocycles. The topological polar surface area (TPSA) is 37.3 Å². The maximum absolute atomic E-state index is 10.5. The van der Waals surface area contributed by atoms with Gasteiger partial charge < -0.3 is 5.11 Å². The van der Waals surface area contributed by atoms with E-state index in [1.807, 2.05) is 22.6 Å². The minimum Gasteiger partial charge on any atom is -0.478 e. The van der Waals surface area contributed by atoms with E-state index in [4.69, 9.17) is 28.3 Å². The quantitative estimate of drug-likeness (QED) is 0.637. The molecule has 0 aliphatic carbocycles. The summed E-state index contributed by atoms with van der Waals surface area (Å²) in [5.41, 5.74) is 0.102. The number of hydrogen-bond acceptors (Lipinski definition) is 1. The van der Waals surface area contributed by atoms with Gasteiger partial charge in [-0.05, 0) is 34.7 Å². The van der Waals surface area contributed by atoms with Crippen LogP contribution in [0.25, 0.3) is 0 Å². The average Bonchev–Trinajstić information content (AvgIpc) is 1.99. The largest absolute Gasteiger partial charge is 0.478 e. The fourth-order valence-corrected chi connectivity index (χ4v) is 1.48. The molecule has 0 saturated carbocycles. The Hall–Kier alpha value is -0.000000000000000167. The Balaban J connectivity index is 3.31. The zero-order chi connectivity index (χ0) is 9.30. The van der Waals surface area contributed by atoms with Crippen molar-refractivity contribution in [2.45, 2.75) is 0 Å². The van der Waals surface area contributed by atoms with Gasteiger partial charge in [-0.1, -0.05) is 23.2 Å². The maximum Gasteiger partial charge on any atom is 0.335 e. The Morgan fingerprint density at radius 3 is 2.08 bits per heavy atom. The lowest BCUT2D eigenvalue weighted by Gasteiger charge is -2.00. The SMILES string of the molecule is O=C(O)c1cc(Cl)c(I)c(Cl)c1. The molecule has 1 aromatic carbocycles. The number of carboxylic acids is 1. The van der Waals surface area contributed by atoms with Crippen molar-refractivity contribution >= 4 is 51.8 Å². The predicted molar refractivity (Wildman–Crippen MR) is 56.1 cm³/mol. The molecule has 1 aromatic rings. The molecule has 0 aliphatic rings. The molecule has 2 nitrogen and oxygen atoms in total. The van der Waals surface area contributed by atoms with Gasteiger partial charge in [0, 0.05) is 0 Å². The molecule has 64 valence electrons. The Labute approximate surface area is 92.6 Å². The molecule has 1 N–H and O–H groups in total. The van der Waals surface area contributed by atoms with Crippen molar-refractivity contribution in [3.8, 4) is 0 Å². The lowest BCUT2D eigenvalue weighted by molar-refractivity contribution is 0.0697. The number of carbonyl (C=O) groups is 1. The molecule has 5 heteroatoms. The minimum absolute atomic E-state index is 0.102. The monoisotopic (exact) mass is 316 g/mol. The van der Waals surface area contributed by atoms with Crippen LogP contribution in [0.15, 0.2) is 12.1 Å². The first-order valence-corrected chi connectivity index (χ1v) is 4.73. The lowest BCUT2D eigenvalue weighted by atomic mass is 10.2. The van der Waals surface area contributed by atoms with Gasteiger partial charge in [-0.3, -0.25) is 0 Å². The Bertz CT molecular complexity index is 315. The summed E-state index contributed by atoms with van der Waals surface area (Å²) in [6, 6.07) is 2.75. The summed E-state index contributed by atoms with van der Waals surface area (Å²) in [7, 11) is 0. The third kappa shape index (κ3) is 2.02. The fraction of sp³-hybridized carbons (Fsp3) is 0. The molecule has 0 amide bonds. The van der Waals surface area contributed by atoms with E-state index in [1.54, 1.807) is 0 Å². The van der Waals surface area contributed by atoms with Crippen LogP contribution >= 0.6 is 45.8 Å². The number of rotatable bonds is 1. The summed E-state index contributed by atoms with van der Waals surface area (Å²) in [5.74, 6) is -1.03. The van der Waals surface area contributed by atoms with Crippen LogP contribution < -0.4 is 0 Å². The third-order valence-electron chi connectivity index (χ3n) is 1.23. The van der Waals surface area contributed by atoms with Crippen molar-refractivity contribution in [1.82, 2.24) is 0 Å². The molecule has 1 rings (SSSR count). The lowest BCUT2D eigenvalue weighted by Crippen LogP contribution is -1.96. The predicted octanol–water partition coefficient (Wildman–Crippen LogP) is 3.30. The van der Waals surface area contributed by atoms with Gasteiger partial charge in [0.15, 0.2) is 0 Å². The zero-order valence-corrected chi connectivity index (χ0v) is 9.31. The molecule has 0 bridgehead atoms. The van der Waals surface area contributed by atoms with Gasteiger partial charge in [0.05, 0.1) is 19.2 Å². The van der Waals surface area contributed by atoms with Crippen molar-refractivity contribution < 1.29 is 9.90 Å². The van der Waals surface area contributed by atoms with Crippen LogP contribution in [-0.4, -0.2) is 11.1 Å². The molecular weight excluding hydrogens is 314 g/mol. The molecule has 12 heavy (non-hydrogen) atoms. The first kappa shape index (κ1) is 10.1. The van der Waals surface area contributed by atoms with E-state index in [0.29, 0.717) is 13.6 Å². The van der Waals surface area contributed by atoms with Gasteiger partial charge in [0.1, 0.15) is 0 Å². The first-order chi connectivity index (χ1) is 5.52. The number of halogens is 3. The van der Waals surface area contributed by atoms with E-state index >= 15 is 0 Å². The summed E-state index contributed by atoms with van der Waals surface area (Å²) in [6.45, 7) is 0. The highest BCUT2D eigenvalue weighted by Gasteiger charge is 2.09. The highest BCUT2D eigenvalue weighted by Crippen LogP contribution is 2.27. The Morgan fingerprint density at radius 1 is 1.33 bits per heavy atom. The van der Waals surface area contributed by atoms with Crippen LogP contribution in [0, 0.1) is 3.57 Å². The summed E-state index contributed by atoms with van der Waals surface area (Å²) in [5, 5.41) is 9.33. The molecule has 0 radical (unpaired) electrons. The van der Waals surface area contributed by atoms with Gasteiger partial charge >= 0.3 is 5.97 Å². The molecule has 0 saturated heterocycles. The molecule has 0 aromatic heterocycles. The zero-order valence-electron chi connectivity index (χ0n) is 5.64. The van der Waals surface area contributed by atoms with E-state index in [9.17, 15) is 4.79 Å². The van der Waals surface area contributed by atoms with Crippen molar-refractivity contribution in [2.24, 2.45) is 0 Å². The number of benzene rings is 1. The van der Waals surface area contributed by atoms with E-state index in [1.165, 1.54) is 12.1 Å². The Morgan fingerprint density at radius 2 is 1.75 bits per heavy atom. The maximum atomic E-state index is 10.5. The standard InChI is InChI=1S/C7H3Cl2IO2/c8-4-1-3(7(11)12)2-5(9)6(4)10/h1-2H,(H,11,12). The minimum atomic E-state index is -1.03. The number of hydrogen-bond donors (Lipinski definition) is 1. The van der Waals surface area contributed by atoms with E-state index in [2.05, 4.69) is 0 Å². The second-order valence-electron chi connectivity index (χ2n) is 2.06. The number of carboxylic acid groups (broad SMARTS) is 1. The van der Waals surface area contributed by atoms with E-state index < -0.39 is 5.97 Å². The van der Waals surface area contributed by atoms with Crippen LogP contribution in [0.5, 0.6) is 0 Å². The van der Waals surface area contributed by atoms with Crippen LogP contribution in [0.3, 0.4) is 0 Å². The van der Waals surface area contributed by atoms with Crippen molar-refractivity contribution in [1.29, 1.82) is 0 Å². The van der Waals surface area contributed by atoms with Gasteiger partial charge in [0.2, 0.25) is 0 Å². The molecular formula is C7H3Cl2IO2. The summed E-state index contributed by atoms with van der Waals surface area (Å²) in [6.07, 6.45) is 0. The highest BCUT2D eigenvalue weighted by atomic mass is 127. The van der Waals surface area contributed by atoms with Gasteiger partial charge in [0.25, 0.3) is 0 Å².